The van der Waals surface area contributed by atoms with Gasteiger partial charge < -0.3 is 10.2 Å². The van der Waals surface area contributed by atoms with E-state index >= 15 is 0 Å². The number of hydrogen-bond donors (Lipinski definition) is 1. The lowest BCUT2D eigenvalue weighted by atomic mass is 10.1. The summed E-state index contributed by atoms with van der Waals surface area (Å²) in [6, 6.07) is 6.06. The van der Waals surface area contributed by atoms with Crippen LogP contribution in [0.3, 0.4) is 0 Å². The van der Waals surface area contributed by atoms with E-state index in [2.05, 4.69) is 6.58 Å². The zero-order valence-corrected chi connectivity index (χ0v) is 9.36. The predicted molar refractivity (Wildman–Crippen MR) is 68.2 cm³/mol. The highest BCUT2D eigenvalue weighted by molar-refractivity contribution is 5.80. The van der Waals surface area contributed by atoms with E-state index in [1.165, 1.54) is 0 Å². The van der Waals surface area contributed by atoms with Gasteiger partial charge in [-0.3, -0.25) is 0 Å². The number of nitrogens with two attached hydrogens (primary N) is 1. The van der Waals surface area contributed by atoms with Crippen LogP contribution in [0, 0.1) is 0 Å². The Balaban J connectivity index is 2.89. The molecule has 0 aliphatic heterocycles. The van der Waals surface area contributed by atoms with E-state index in [4.69, 9.17) is 10.2 Å². The average Bonchev–Trinajstić information content (AvgIpc) is 2.67. The second-order valence-electron chi connectivity index (χ2n) is 3.61. The van der Waals surface area contributed by atoms with E-state index in [1.54, 1.807) is 6.08 Å². The van der Waals surface area contributed by atoms with Gasteiger partial charge in [0.1, 0.15) is 11.0 Å². The van der Waals surface area contributed by atoms with Gasteiger partial charge in [-0.15, -0.1) is 0 Å². The van der Waals surface area contributed by atoms with Crippen LogP contribution in [0.15, 0.2) is 35.3 Å². The van der Waals surface area contributed by atoms with Gasteiger partial charge in [0, 0.05) is 17.1 Å². The molecule has 1 aromatic carbocycles. The first-order chi connectivity index (χ1) is 7.80. The molecule has 0 radical (unpaired) electrons. The van der Waals surface area contributed by atoms with Crippen molar-refractivity contribution in [2.75, 3.05) is 0 Å². The Morgan fingerprint density at radius 1 is 1.44 bits per heavy atom. The number of benzene rings is 1. The van der Waals surface area contributed by atoms with Crippen molar-refractivity contribution in [3.05, 3.63) is 47.1 Å². The summed E-state index contributed by atoms with van der Waals surface area (Å²) in [6.45, 7) is 6.21. The molecule has 2 rings (SSSR count). The molecule has 2 N–H and O–H groups in total. The van der Waals surface area contributed by atoms with Crippen LogP contribution in [-0.4, -0.2) is 0 Å². The molecule has 1 aromatic heterocycles. The summed E-state index contributed by atoms with van der Waals surface area (Å²) < 4.78 is 5.75. The van der Waals surface area contributed by atoms with Gasteiger partial charge in [-0.05, 0) is 24.6 Å². The minimum absolute atomic E-state index is 0.530. The van der Waals surface area contributed by atoms with E-state index in [0.29, 0.717) is 6.54 Å². The lowest BCUT2D eigenvalue weighted by Crippen LogP contribution is -2.18. The van der Waals surface area contributed by atoms with Crippen molar-refractivity contribution in [3.8, 4) is 0 Å². The fourth-order valence-electron chi connectivity index (χ4n) is 1.81. The second kappa shape index (κ2) is 4.37. The number of furan rings is 1. The monoisotopic (exact) mass is 213 g/mol. The van der Waals surface area contributed by atoms with Gasteiger partial charge in [-0.1, -0.05) is 30.9 Å². The van der Waals surface area contributed by atoms with Crippen molar-refractivity contribution in [2.24, 2.45) is 5.73 Å². The molecule has 0 aliphatic carbocycles. The molecule has 0 spiro atoms. The third-order valence-electron chi connectivity index (χ3n) is 2.60. The number of fused-ring (bicyclic) bond motifs is 1. The molecule has 0 amide bonds. The highest BCUT2D eigenvalue weighted by Gasteiger charge is 2.02. The third-order valence-corrected chi connectivity index (χ3v) is 2.60. The highest BCUT2D eigenvalue weighted by atomic mass is 16.3. The van der Waals surface area contributed by atoms with E-state index in [1.807, 2.05) is 37.3 Å². The Hall–Kier alpha value is -1.80. The fraction of sp³-hybridized carbons (Fsp3) is 0.143. The van der Waals surface area contributed by atoms with Gasteiger partial charge in [0.15, 0.2) is 0 Å². The van der Waals surface area contributed by atoms with E-state index < -0.39 is 0 Å². The first-order valence-corrected chi connectivity index (χ1v) is 5.30. The van der Waals surface area contributed by atoms with Crippen molar-refractivity contribution >= 4 is 23.1 Å². The van der Waals surface area contributed by atoms with E-state index in [0.717, 1.165) is 27.2 Å². The normalized spacial score (nSPS) is 13.6. The zero-order chi connectivity index (χ0) is 11.5. The molecule has 16 heavy (non-hydrogen) atoms. The first-order valence-electron chi connectivity index (χ1n) is 5.30. The topological polar surface area (TPSA) is 39.2 Å². The molecule has 1 heterocycles. The van der Waals surface area contributed by atoms with Crippen LogP contribution in [0.4, 0.5) is 0 Å². The van der Waals surface area contributed by atoms with Gasteiger partial charge in [0.05, 0.1) is 0 Å². The summed E-state index contributed by atoms with van der Waals surface area (Å²) in [4.78, 5) is 0. The molecule has 0 aliphatic rings. The maximum absolute atomic E-state index is 5.75. The van der Waals surface area contributed by atoms with E-state index in [-0.39, 0.29) is 0 Å². The van der Waals surface area contributed by atoms with Crippen molar-refractivity contribution in [1.29, 1.82) is 0 Å². The SMILES string of the molecule is C=C/C=c1\c(=C/C)oc2cc(CN)ccc12. The van der Waals surface area contributed by atoms with Crippen LogP contribution in [-0.2, 0) is 6.54 Å². The van der Waals surface area contributed by atoms with Gasteiger partial charge in [-0.25, -0.2) is 0 Å². The molecule has 0 bridgehead atoms. The Bertz CT molecular complexity index is 635. The largest absolute Gasteiger partial charge is 0.456 e. The highest BCUT2D eigenvalue weighted by Crippen LogP contribution is 2.11. The summed E-state index contributed by atoms with van der Waals surface area (Å²) in [5, 5.41) is 2.18. The second-order valence-corrected chi connectivity index (χ2v) is 3.61. The van der Waals surface area contributed by atoms with Crippen LogP contribution < -0.4 is 16.4 Å². The number of hydrogen-bond acceptors (Lipinski definition) is 2. The molecule has 0 unspecified atom stereocenters. The minimum Gasteiger partial charge on any atom is -0.456 e. The third kappa shape index (κ3) is 1.68. The van der Waals surface area contributed by atoms with Gasteiger partial charge >= 0.3 is 0 Å². The lowest BCUT2D eigenvalue weighted by Gasteiger charge is -1.94. The molecule has 2 aromatic rings. The van der Waals surface area contributed by atoms with Crippen LogP contribution in [0.5, 0.6) is 0 Å². The lowest BCUT2D eigenvalue weighted by molar-refractivity contribution is 0.574. The van der Waals surface area contributed by atoms with Crippen LogP contribution in [0.2, 0.25) is 0 Å². The van der Waals surface area contributed by atoms with Crippen molar-refractivity contribution < 1.29 is 4.42 Å². The zero-order valence-electron chi connectivity index (χ0n) is 9.36. The van der Waals surface area contributed by atoms with Gasteiger partial charge in [0.2, 0.25) is 0 Å². The fourth-order valence-corrected chi connectivity index (χ4v) is 1.81. The molecule has 0 saturated carbocycles. The minimum atomic E-state index is 0.530. The smallest absolute Gasteiger partial charge is 0.135 e. The first kappa shape index (κ1) is 10.7. The van der Waals surface area contributed by atoms with Crippen molar-refractivity contribution in [3.63, 3.8) is 0 Å². The average molecular weight is 213 g/mol. The van der Waals surface area contributed by atoms with Crippen LogP contribution >= 0.6 is 0 Å². The molecule has 2 nitrogen and oxygen atoms in total. The maximum atomic E-state index is 5.75. The van der Waals surface area contributed by atoms with E-state index in [9.17, 15) is 0 Å². The molecule has 82 valence electrons. The molecule has 0 atom stereocenters. The molecular formula is C14H15NO. The Kier molecular flexibility index (Phi) is 2.93. The van der Waals surface area contributed by atoms with Gasteiger partial charge in [-0.2, -0.15) is 0 Å². The number of rotatable bonds is 2. The summed E-state index contributed by atoms with van der Waals surface area (Å²) >= 11 is 0. The Labute approximate surface area is 94.4 Å². The Morgan fingerprint density at radius 2 is 2.25 bits per heavy atom. The molecule has 2 heteroatoms. The van der Waals surface area contributed by atoms with Crippen LogP contribution in [0.1, 0.15) is 12.5 Å². The molecule has 0 fully saturated rings. The summed E-state index contributed by atoms with van der Waals surface area (Å²) in [5.74, 6) is 0. The van der Waals surface area contributed by atoms with Crippen molar-refractivity contribution in [1.82, 2.24) is 0 Å². The summed E-state index contributed by atoms with van der Waals surface area (Å²) in [7, 11) is 0. The van der Waals surface area contributed by atoms with Crippen LogP contribution in [0.25, 0.3) is 23.1 Å². The maximum Gasteiger partial charge on any atom is 0.135 e. The molecule has 0 saturated heterocycles. The summed E-state index contributed by atoms with van der Waals surface area (Å²) in [5.41, 5.74) is 8.44. The standard InChI is InChI=1S/C14H15NO/c1-3-5-11-12-7-6-10(9-15)8-14(12)16-13(11)4-2/h3-8H,1,9,15H2,2H3/b11-5-,13-4+. The number of allylic oxidation sites excluding steroid dienone is 1. The Morgan fingerprint density at radius 3 is 2.88 bits per heavy atom. The van der Waals surface area contributed by atoms with Crippen molar-refractivity contribution in [2.45, 2.75) is 13.5 Å². The van der Waals surface area contributed by atoms with Gasteiger partial charge in [0.25, 0.3) is 0 Å². The molecular weight excluding hydrogens is 198 g/mol. The summed E-state index contributed by atoms with van der Waals surface area (Å²) in [6.07, 6.45) is 5.69. The predicted octanol–water partition coefficient (Wildman–Crippen LogP) is 1.66. The quantitative estimate of drug-likeness (QED) is 0.824.